The van der Waals surface area contributed by atoms with E-state index in [0.29, 0.717) is 0 Å². The van der Waals surface area contributed by atoms with E-state index in [2.05, 4.69) is 50.3 Å². The minimum Gasteiger partial charge on any atom is -0.0620 e. The Labute approximate surface area is 68.6 Å². The summed E-state index contributed by atoms with van der Waals surface area (Å²) in [4.78, 5) is 0. The Morgan fingerprint density at radius 3 is 2.55 bits per heavy atom. The molecule has 0 atom stereocenters. The molecule has 0 aromatic carbocycles. The highest BCUT2D eigenvalue weighted by Crippen LogP contribution is 2.08. The molecule has 0 aromatic rings. The molecule has 0 amide bonds. The van der Waals surface area contributed by atoms with Gasteiger partial charge in [-0.05, 0) is 18.9 Å². The molecule has 0 radical (unpaired) electrons. The molecule has 0 spiro atoms. The normalized spacial score (nSPS) is 16.9. The fourth-order valence-electron chi connectivity index (χ4n) is 0.972. The van der Waals surface area contributed by atoms with Crippen molar-refractivity contribution in [1.82, 2.24) is 0 Å². The Balaban J connectivity index is 2.84. The second-order valence-electron chi connectivity index (χ2n) is 2.72. The van der Waals surface area contributed by atoms with E-state index in [-0.39, 0.29) is 0 Å². The average Bonchev–Trinajstić information content (AvgIpc) is 1.98. The largest absolute Gasteiger partial charge is 0.0620 e. The van der Waals surface area contributed by atoms with Crippen molar-refractivity contribution < 1.29 is 0 Å². The average molecular weight is 146 g/mol. The van der Waals surface area contributed by atoms with Gasteiger partial charge in [0.2, 0.25) is 0 Å². The maximum absolute atomic E-state index is 2.18. The summed E-state index contributed by atoms with van der Waals surface area (Å²) in [5.41, 5.74) is 2.69. The van der Waals surface area contributed by atoms with Crippen LogP contribution in [0.3, 0.4) is 0 Å². The fraction of sp³-hybridized carbons (Fsp3) is 0.273. The van der Waals surface area contributed by atoms with Crippen LogP contribution in [0.4, 0.5) is 0 Å². The van der Waals surface area contributed by atoms with Gasteiger partial charge in [0.15, 0.2) is 0 Å². The van der Waals surface area contributed by atoms with E-state index in [9.17, 15) is 0 Å². The summed E-state index contributed by atoms with van der Waals surface area (Å²) in [6, 6.07) is 0. The van der Waals surface area contributed by atoms with Gasteiger partial charge in [0.05, 0.1) is 0 Å². The highest BCUT2D eigenvalue weighted by Gasteiger charge is 1.87. The third kappa shape index (κ3) is 2.58. The van der Waals surface area contributed by atoms with Crippen molar-refractivity contribution in [1.29, 1.82) is 0 Å². The Morgan fingerprint density at radius 1 is 1.09 bits per heavy atom. The van der Waals surface area contributed by atoms with Crippen LogP contribution in [0.2, 0.25) is 0 Å². The van der Waals surface area contributed by atoms with E-state index in [1.165, 1.54) is 11.1 Å². The zero-order valence-corrected chi connectivity index (χ0v) is 7.17. The van der Waals surface area contributed by atoms with Crippen molar-refractivity contribution >= 4 is 0 Å². The number of hydrogen-bond donors (Lipinski definition) is 0. The van der Waals surface area contributed by atoms with E-state index < -0.39 is 0 Å². The van der Waals surface area contributed by atoms with Crippen LogP contribution in [0.25, 0.3) is 0 Å². The van der Waals surface area contributed by atoms with E-state index in [1.807, 2.05) is 0 Å². The molecule has 0 N–H and O–H groups in total. The summed E-state index contributed by atoms with van der Waals surface area (Å²) in [6.45, 7) is 4.28. The van der Waals surface area contributed by atoms with Gasteiger partial charge in [-0.1, -0.05) is 49.0 Å². The van der Waals surface area contributed by atoms with E-state index in [0.717, 1.165) is 6.42 Å². The van der Waals surface area contributed by atoms with Crippen molar-refractivity contribution in [3.63, 3.8) is 0 Å². The first-order valence-corrected chi connectivity index (χ1v) is 4.05. The number of rotatable bonds is 1. The quantitative estimate of drug-likeness (QED) is 0.532. The predicted molar refractivity (Wildman–Crippen MR) is 50.4 cm³/mol. The van der Waals surface area contributed by atoms with Crippen molar-refractivity contribution in [2.75, 3.05) is 0 Å². The maximum Gasteiger partial charge on any atom is -0.0307 e. The van der Waals surface area contributed by atoms with Crippen LogP contribution in [0.5, 0.6) is 0 Å². The van der Waals surface area contributed by atoms with Crippen LogP contribution in [-0.2, 0) is 0 Å². The lowest BCUT2D eigenvalue weighted by molar-refractivity contribution is 1.15. The van der Waals surface area contributed by atoms with Gasteiger partial charge >= 0.3 is 0 Å². The summed E-state index contributed by atoms with van der Waals surface area (Å²) in [7, 11) is 0. The monoisotopic (exact) mass is 146 g/mol. The lowest BCUT2D eigenvalue weighted by atomic mass is 10.1. The van der Waals surface area contributed by atoms with Crippen LogP contribution in [-0.4, -0.2) is 0 Å². The molecule has 58 valence electrons. The van der Waals surface area contributed by atoms with Crippen LogP contribution in [0.1, 0.15) is 20.3 Å². The highest BCUT2D eigenvalue weighted by molar-refractivity contribution is 5.34. The predicted octanol–water partition coefficient (Wildman–Crippen LogP) is 3.40. The van der Waals surface area contributed by atoms with Crippen molar-refractivity contribution in [3.05, 3.63) is 47.6 Å². The minimum absolute atomic E-state index is 1.11. The summed E-state index contributed by atoms with van der Waals surface area (Å²) in [6.07, 6.45) is 13.9. The second kappa shape index (κ2) is 3.97. The standard InChI is InChI=1S/C11H14/c1-3-11-7-5-4-6-10(2)8-9-11/h4-9H,3H2,1-2H3. The Bertz CT molecular complexity index is 237. The molecule has 1 aliphatic rings. The smallest absolute Gasteiger partial charge is 0.0307 e. The summed E-state index contributed by atoms with van der Waals surface area (Å²) < 4.78 is 0. The van der Waals surface area contributed by atoms with Crippen LogP contribution in [0, 0.1) is 0 Å². The first-order valence-electron chi connectivity index (χ1n) is 4.05. The van der Waals surface area contributed by atoms with Crippen LogP contribution in [0.15, 0.2) is 47.6 Å². The van der Waals surface area contributed by atoms with Crippen LogP contribution < -0.4 is 0 Å². The van der Waals surface area contributed by atoms with E-state index in [1.54, 1.807) is 0 Å². The van der Waals surface area contributed by atoms with Gasteiger partial charge in [0.25, 0.3) is 0 Å². The van der Waals surface area contributed by atoms with Crippen LogP contribution >= 0.6 is 0 Å². The number of hydrogen-bond acceptors (Lipinski definition) is 0. The molecule has 1 rings (SSSR count). The molecule has 0 fully saturated rings. The molecule has 0 saturated heterocycles. The highest BCUT2D eigenvalue weighted by atomic mass is 13.9. The topological polar surface area (TPSA) is 0 Å². The third-order valence-electron chi connectivity index (χ3n) is 1.75. The molecule has 0 aromatic heterocycles. The molecule has 0 unspecified atom stereocenters. The third-order valence-corrected chi connectivity index (χ3v) is 1.75. The molecular formula is C11H14. The van der Waals surface area contributed by atoms with Gasteiger partial charge in [-0.2, -0.15) is 0 Å². The molecule has 0 saturated carbocycles. The Kier molecular flexibility index (Phi) is 2.91. The second-order valence-corrected chi connectivity index (χ2v) is 2.72. The molecule has 1 aliphatic carbocycles. The molecule has 11 heavy (non-hydrogen) atoms. The number of allylic oxidation sites excluding steroid dienone is 8. The zero-order valence-electron chi connectivity index (χ0n) is 7.17. The van der Waals surface area contributed by atoms with E-state index in [4.69, 9.17) is 0 Å². The molecule has 0 heteroatoms. The van der Waals surface area contributed by atoms with Gasteiger partial charge in [-0.3, -0.25) is 0 Å². The lowest BCUT2D eigenvalue weighted by Gasteiger charge is -1.97. The van der Waals surface area contributed by atoms with Crippen molar-refractivity contribution in [2.45, 2.75) is 20.3 Å². The first kappa shape index (κ1) is 8.06. The van der Waals surface area contributed by atoms with Gasteiger partial charge in [0, 0.05) is 0 Å². The summed E-state index contributed by atoms with van der Waals surface area (Å²) in [5, 5.41) is 0. The summed E-state index contributed by atoms with van der Waals surface area (Å²) >= 11 is 0. The molecular weight excluding hydrogens is 132 g/mol. The Hall–Kier alpha value is -1.04. The lowest BCUT2D eigenvalue weighted by Crippen LogP contribution is -1.76. The van der Waals surface area contributed by atoms with E-state index >= 15 is 0 Å². The SMILES string of the molecule is CCC1=CC=C(C)C=CC=C1. The van der Waals surface area contributed by atoms with Gasteiger partial charge in [-0.25, -0.2) is 0 Å². The first-order chi connectivity index (χ1) is 5.33. The maximum atomic E-state index is 2.18. The van der Waals surface area contributed by atoms with Gasteiger partial charge in [-0.15, -0.1) is 0 Å². The fourth-order valence-corrected chi connectivity index (χ4v) is 0.972. The zero-order chi connectivity index (χ0) is 8.10. The van der Waals surface area contributed by atoms with Gasteiger partial charge in [0.1, 0.15) is 0 Å². The molecule has 0 bridgehead atoms. The molecule has 0 nitrogen and oxygen atoms in total. The van der Waals surface area contributed by atoms with Crippen molar-refractivity contribution in [3.8, 4) is 0 Å². The Morgan fingerprint density at radius 2 is 1.82 bits per heavy atom. The molecule has 0 aliphatic heterocycles. The van der Waals surface area contributed by atoms with Gasteiger partial charge < -0.3 is 0 Å². The molecule has 0 heterocycles. The summed E-state index contributed by atoms with van der Waals surface area (Å²) in [5.74, 6) is 0. The minimum atomic E-state index is 1.11. The van der Waals surface area contributed by atoms with Crippen molar-refractivity contribution in [2.24, 2.45) is 0 Å².